The van der Waals surface area contributed by atoms with Crippen molar-refractivity contribution in [2.75, 3.05) is 0 Å². The molecule has 1 aliphatic heterocycles. The highest BCUT2D eigenvalue weighted by Gasteiger charge is 2.42. The van der Waals surface area contributed by atoms with Crippen LogP contribution in [0.1, 0.15) is 40.7 Å². The van der Waals surface area contributed by atoms with E-state index in [4.69, 9.17) is 37.4 Å². The first kappa shape index (κ1) is 21.7. The molecule has 0 amide bonds. The first-order valence-corrected chi connectivity index (χ1v) is 10.9. The van der Waals surface area contributed by atoms with E-state index in [0.29, 0.717) is 40.6 Å². The molecule has 1 fully saturated rings. The van der Waals surface area contributed by atoms with Gasteiger partial charge in [-0.2, -0.15) is 0 Å². The van der Waals surface area contributed by atoms with E-state index in [1.165, 1.54) is 12.3 Å². The molecule has 0 saturated heterocycles. The summed E-state index contributed by atoms with van der Waals surface area (Å²) in [6.07, 6.45) is 2.26. The van der Waals surface area contributed by atoms with Crippen LogP contribution in [0.25, 0.3) is 0 Å². The van der Waals surface area contributed by atoms with Gasteiger partial charge in [0.25, 0.3) is 0 Å². The maximum absolute atomic E-state index is 13.0. The molecule has 0 radical (unpaired) electrons. The number of ketones is 1. The highest BCUT2D eigenvalue weighted by atomic mass is 35.5. The van der Waals surface area contributed by atoms with E-state index in [-0.39, 0.29) is 29.7 Å². The topological polar surface area (TPSA) is 61.8 Å². The summed E-state index contributed by atoms with van der Waals surface area (Å²) in [4.78, 5) is 25.4. The molecule has 1 heterocycles. The molecule has 3 unspecified atom stereocenters. The number of halogens is 2. The molecule has 2 aliphatic rings. The minimum Gasteiger partial charge on any atom is -0.493 e. The number of esters is 1. The lowest BCUT2D eigenvalue weighted by molar-refractivity contribution is -0.132. The van der Waals surface area contributed by atoms with Crippen molar-refractivity contribution in [1.29, 1.82) is 0 Å². The molecule has 5 nitrogen and oxygen atoms in total. The van der Waals surface area contributed by atoms with Gasteiger partial charge in [-0.05, 0) is 62.1 Å². The SMILES string of the molecule is Cc1ccc(C)c(OC2=COC3CC(OC(=O)c4ccc(Cl)c(Cl)c4)CCC3C2=O)c1. The van der Waals surface area contributed by atoms with Crippen molar-refractivity contribution in [3.05, 3.63) is 75.2 Å². The Balaban J connectivity index is 1.40. The Morgan fingerprint density at radius 2 is 1.87 bits per heavy atom. The van der Waals surface area contributed by atoms with E-state index in [1.807, 2.05) is 32.0 Å². The molecule has 0 bridgehead atoms. The number of benzene rings is 2. The number of hydrogen-bond acceptors (Lipinski definition) is 5. The summed E-state index contributed by atoms with van der Waals surface area (Å²) in [5.74, 6) is -0.0119. The van der Waals surface area contributed by atoms with Crippen LogP contribution in [-0.2, 0) is 14.3 Å². The largest absolute Gasteiger partial charge is 0.493 e. The fraction of sp³-hybridized carbons (Fsp3) is 0.333. The Labute approximate surface area is 190 Å². The third-order valence-corrected chi connectivity index (χ3v) is 6.40. The number of rotatable bonds is 4. The predicted octanol–water partition coefficient (Wildman–Crippen LogP) is 5.82. The van der Waals surface area contributed by atoms with E-state index >= 15 is 0 Å². The highest BCUT2D eigenvalue weighted by molar-refractivity contribution is 6.42. The molecule has 0 spiro atoms. The molecule has 4 rings (SSSR count). The van der Waals surface area contributed by atoms with E-state index < -0.39 is 5.97 Å². The van der Waals surface area contributed by atoms with Crippen molar-refractivity contribution in [1.82, 2.24) is 0 Å². The number of hydrogen-bond donors (Lipinski definition) is 0. The fourth-order valence-electron chi connectivity index (χ4n) is 3.89. The number of ether oxygens (including phenoxy) is 3. The lowest BCUT2D eigenvalue weighted by Gasteiger charge is -2.36. The van der Waals surface area contributed by atoms with Crippen molar-refractivity contribution >= 4 is 35.0 Å². The van der Waals surface area contributed by atoms with Gasteiger partial charge in [0, 0.05) is 6.42 Å². The van der Waals surface area contributed by atoms with Crippen LogP contribution in [-0.4, -0.2) is 24.0 Å². The van der Waals surface area contributed by atoms with Gasteiger partial charge in [-0.3, -0.25) is 4.79 Å². The van der Waals surface area contributed by atoms with Crippen LogP contribution in [0.2, 0.25) is 10.0 Å². The molecule has 162 valence electrons. The highest BCUT2D eigenvalue weighted by Crippen LogP contribution is 2.36. The van der Waals surface area contributed by atoms with Crippen LogP contribution >= 0.6 is 23.2 Å². The average molecular weight is 461 g/mol. The molecule has 7 heteroatoms. The Morgan fingerprint density at radius 3 is 2.65 bits per heavy atom. The van der Waals surface area contributed by atoms with Crippen molar-refractivity contribution in [2.45, 2.75) is 45.3 Å². The van der Waals surface area contributed by atoms with Crippen molar-refractivity contribution < 1.29 is 23.8 Å². The molecule has 0 aromatic heterocycles. The number of carbonyl (C=O) groups is 2. The maximum atomic E-state index is 13.0. The lowest BCUT2D eigenvalue weighted by Crippen LogP contribution is -2.43. The van der Waals surface area contributed by atoms with Gasteiger partial charge in [-0.25, -0.2) is 4.79 Å². The Kier molecular flexibility index (Phi) is 6.26. The number of allylic oxidation sites excluding steroid dienone is 1. The molecule has 0 N–H and O–H groups in total. The lowest BCUT2D eigenvalue weighted by atomic mass is 9.80. The van der Waals surface area contributed by atoms with Crippen molar-refractivity contribution in [3.8, 4) is 5.75 Å². The van der Waals surface area contributed by atoms with E-state index in [0.717, 1.165) is 11.1 Å². The summed E-state index contributed by atoms with van der Waals surface area (Å²) in [5.41, 5.74) is 2.33. The van der Waals surface area contributed by atoms with Gasteiger partial charge in [-0.1, -0.05) is 35.3 Å². The monoisotopic (exact) mass is 460 g/mol. The zero-order valence-corrected chi connectivity index (χ0v) is 18.7. The second kappa shape index (κ2) is 8.93. The third kappa shape index (κ3) is 4.73. The molecule has 2 aromatic rings. The van der Waals surface area contributed by atoms with Gasteiger partial charge in [0.15, 0.2) is 0 Å². The fourth-order valence-corrected chi connectivity index (χ4v) is 4.19. The summed E-state index contributed by atoms with van der Waals surface area (Å²) < 4.78 is 17.3. The second-order valence-electron chi connectivity index (χ2n) is 7.97. The summed E-state index contributed by atoms with van der Waals surface area (Å²) >= 11 is 11.9. The van der Waals surface area contributed by atoms with Crippen LogP contribution in [0.4, 0.5) is 0 Å². The summed E-state index contributed by atoms with van der Waals surface area (Å²) in [6.45, 7) is 3.90. The van der Waals surface area contributed by atoms with E-state index in [2.05, 4.69) is 0 Å². The minimum absolute atomic E-state index is 0.0774. The molecule has 2 aromatic carbocycles. The van der Waals surface area contributed by atoms with Crippen LogP contribution in [0, 0.1) is 19.8 Å². The van der Waals surface area contributed by atoms with Crippen LogP contribution in [0.5, 0.6) is 5.75 Å². The van der Waals surface area contributed by atoms with Gasteiger partial charge < -0.3 is 14.2 Å². The smallest absolute Gasteiger partial charge is 0.338 e. The molecule has 1 saturated carbocycles. The minimum atomic E-state index is -0.473. The van der Waals surface area contributed by atoms with E-state index in [9.17, 15) is 9.59 Å². The van der Waals surface area contributed by atoms with E-state index in [1.54, 1.807) is 12.1 Å². The van der Waals surface area contributed by atoms with Crippen molar-refractivity contribution in [3.63, 3.8) is 0 Å². The molecule has 31 heavy (non-hydrogen) atoms. The second-order valence-corrected chi connectivity index (χ2v) is 8.78. The number of Topliss-reactive ketones (excluding diaryl/α,β-unsaturated/α-hetero) is 1. The van der Waals surface area contributed by atoms with Gasteiger partial charge in [0.05, 0.1) is 21.5 Å². The summed E-state index contributed by atoms with van der Waals surface area (Å²) in [5, 5.41) is 0.668. The van der Waals surface area contributed by atoms with Crippen LogP contribution in [0.3, 0.4) is 0 Å². The molecular formula is C24H22Cl2O5. The zero-order valence-electron chi connectivity index (χ0n) is 17.2. The van der Waals surface area contributed by atoms with Crippen LogP contribution < -0.4 is 4.74 Å². The molecule has 1 aliphatic carbocycles. The number of aryl methyl sites for hydroxylation is 2. The van der Waals surface area contributed by atoms with Gasteiger partial charge >= 0.3 is 5.97 Å². The summed E-state index contributed by atoms with van der Waals surface area (Å²) in [7, 11) is 0. The Bertz CT molecular complexity index is 1060. The first-order valence-electron chi connectivity index (χ1n) is 10.1. The third-order valence-electron chi connectivity index (χ3n) is 5.67. The normalized spacial score (nSPS) is 22.8. The first-order chi connectivity index (χ1) is 14.8. The average Bonchev–Trinajstić information content (AvgIpc) is 2.74. The van der Waals surface area contributed by atoms with Gasteiger partial charge in [0.1, 0.15) is 24.2 Å². The van der Waals surface area contributed by atoms with Crippen molar-refractivity contribution in [2.24, 2.45) is 5.92 Å². The summed E-state index contributed by atoms with van der Waals surface area (Å²) in [6, 6.07) is 10.5. The number of fused-ring (bicyclic) bond motifs is 1. The Morgan fingerprint density at radius 1 is 1.06 bits per heavy atom. The quantitative estimate of drug-likeness (QED) is 0.537. The molecule has 3 atom stereocenters. The maximum Gasteiger partial charge on any atom is 0.338 e. The van der Waals surface area contributed by atoms with Gasteiger partial charge in [0.2, 0.25) is 11.5 Å². The standard InChI is InChI=1S/C24H22Cl2O5/c1-13-3-4-14(2)20(9-13)31-22-12-29-21-11-16(6-7-17(21)23(22)27)30-24(28)15-5-8-18(25)19(26)10-15/h3-5,8-10,12,16-17,21H,6-7,11H2,1-2H3. The zero-order chi connectivity index (χ0) is 22.1. The predicted molar refractivity (Wildman–Crippen MR) is 118 cm³/mol. The number of carbonyl (C=O) groups excluding carboxylic acids is 2. The molecular weight excluding hydrogens is 439 g/mol. The van der Waals surface area contributed by atoms with Gasteiger partial charge in [-0.15, -0.1) is 0 Å². The Hall–Kier alpha value is -2.50. The van der Waals surface area contributed by atoms with Crippen LogP contribution in [0.15, 0.2) is 48.4 Å².